The van der Waals surface area contributed by atoms with Gasteiger partial charge in [0.15, 0.2) is 0 Å². The summed E-state index contributed by atoms with van der Waals surface area (Å²) >= 11 is 5.24. The van der Waals surface area contributed by atoms with Crippen LogP contribution < -0.4 is 0 Å². The van der Waals surface area contributed by atoms with Crippen LogP contribution in [0.4, 0.5) is 0 Å². The van der Waals surface area contributed by atoms with E-state index in [4.69, 9.17) is 17.5 Å². The lowest BCUT2D eigenvalue weighted by atomic mass is 9.75. The average Bonchev–Trinajstić information content (AvgIpc) is 2.28. The number of aromatic amines is 1. The summed E-state index contributed by atoms with van der Waals surface area (Å²) in [6.45, 7) is 6.73. The van der Waals surface area contributed by atoms with Gasteiger partial charge in [-0.05, 0) is 36.3 Å². The van der Waals surface area contributed by atoms with Gasteiger partial charge in [-0.15, -0.1) is 0 Å². The Balaban J connectivity index is 2.61. The van der Waals surface area contributed by atoms with E-state index >= 15 is 0 Å². The maximum atomic E-state index is 9.04. The molecule has 1 aromatic rings. The van der Waals surface area contributed by atoms with Gasteiger partial charge in [-0.25, -0.2) is 0 Å². The molecule has 2 unspecified atom stereocenters. The fourth-order valence-electron chi connectivity index (χ4n) is 2.75. The fourth-order valence-corrected chi connectivity index (χ4v) is 2.97. The van der Waals surface area contributed by atoms with Crippen LogP contribution in [0.1, 0.15) is 62.3 Å². The van der Waals surface area contributed by atoms with Crippen molar-refractivity contribution in [1.82, 2.24) is 4.98 Å². The van der Waals surface area contributed by atoms with Gasteiger partial charge < -0.3 is 4.98 Å². The SMILES string of the molecule is CC1CCC(C(C)C)c2[nH]c(=S)c(C#N)cc21. The van der Waals surface area contributed by atoms with E-state index in [1.54, 1.807) is 0 Å². The monoisotopic (exact) mass is 246 g/mol. The molecule has 3 heteroatoms. The van der Waals surface area contributed by atoms with Crippen LogP contribution in [0, 0.1) is 21.9 Å². The lowest BCUT2D eigenvalue weighted by molar-refractivity contribution is 0.400. The van der Waals surface area contributed by atoms with Gasteiger partial charge >= 0.3 is 0 Å². The number of hydrogen-bond donors (Lipinski definition) is 1. The highest BCUT2D eigenvalue weighted by atomic mass is 32.1. The fraction of sp³-hybridized carbons (Fsp3) is 0.571. The van der Waals surface area contributed by atoms with Gasteiger partial charge in [0.25, 0.3) is 0 Å². The molecule has 0 aliphatic heterocycles. The van der Waals surface area contributed by atoms with Gasteiger partial charge in [0, 0.05) is 11.6 Å². The topological polar surface area (TPSA) is 39.6 Å². The Labute approximate surface area is 108 Å². The van der Waals surface area contributed by atoms with E-state index in [9.17, 15) is 0 Å². The van der Waals surface area contributed by atoms with Gasteiger partial charge in [-0.3, -0.25) is 0 Å². The summed E-state index contributed by atoms with van der Waals surface area (Å²) in [5, 5.41) is 9.04. The average molecular weight is 246 g/mol. The summed E-state index contributed by atoms with van der Waals surface area (Å²) in [4.78, 5) is 3.30. The molecule has 0 bridgehead atoms. The number of fused-ring (bicyclic) bond motifs is 1. The van der Waals surface area contributed by atoms with Crippen LogP contribution in [-0.2, 0) is 0 Å². The van der Waals surface area contributed by atoms with E-state index in [1.807, 2.05) is 6.07 Å². The predicted octanol–water partition coefficient (Wildman–Crippen LogP) is 4.25. The first-order valence-corrected chi connectivity index (χ1v) is 6.62. The van der Waals surface area contributed by atoms with E-state index in [0.717, 1.165) is 0 Å². The Morgan fingerprint density at radius 3 is 2.76 bits per heavy atom. The van der Waals surface area contributed by atoms with Crippen molar-refractivity contribution >= 4 is 12.2 Å². The highest BCUT2D eigenvalue weighted by Crippen LogP contribution is 2.41. The van der Waals surface area contributed by atoms with Crippen LogP contribution in [-0.4, -0.2) is 4.98 Å². The summed E-state index contributed by atoms with van der Waals surface area (Å²) in [5.74, 6) is 1.69. The molecule has 1 aliphatic carbocycles. The van der Waals surface area contributed by atoms with Crippen LogP contribution in [0.2, 0.25) is 0 Å². The predicted molar refractivity (Wildman–Crippen MR) is 71.6 cm³/mol. The molecule has 1 N–H and O–H groups in total. The first-order chi connectivity index (χ1) is 8.04. The van der Waals surface area contributed by atoms with Crippen LogP contribution in [0.5, 0.6) is 0 Å². The Bertz CT molecular complexity index is 522. The third-order valence-electron chi connectivity index (χ3n) is 3.84. The zero-order valence-corrected chi connectivity index (χ0v) is 11.4. The zero-order chi connectivity index (χ0) is 12.6. The number of H-pyrrole nitrogens is 1. The molecule has 0 saturated carbocycles. The zero-order valence-electron chi connectivity index (χ0n) is 10.6. The number of aromatic nitrogens is 1. The number of nitrogens with one attached hydrogen (secondary N) is 1. The van der Waals surface area contributed by atoms with E-state index in [0.29, 0.717) is 28.0 Å². The maximum Gasteiger partial charge on any atom is 0.121 e. The van der Waals surface area contributed by atoms with Crippen molar-refractivity contribution < 1.29 is 0 Å². The van der Waals surface area contributed by atoms with Gasteiger partial charge in [-0.2, -0.15) is 5.26 Å². The van der Waals surface area contributed by atoms with Crippen molar-refractivity contribution in [2.45, 2.75) is 45.4 Å². The quantitative estimate of drug-likeness (QED) is 0.752. The Morgan fingerprint density at radius 2 is 2.18 bits per heavy atom. The molecule has 0 fully saturated rings. The molecule has 0 radical (unpaired) electrons. The summed E-state index contributed by atoms with van der Waals surface area (Å²) in [6, 6.07) is 4.17. The molecular weight excluding hydrogens is 228 g/mol. The molecule has 1 aliphatic rings. The normalized spacial score (nSPS) is 23.2. The van der Waals surface area contributed by atoms with Crippen molar-refractivity contribution in [3.05, 3.63) is 27.5 Å². The maximum absolute atomic E-state index is 9.04. The molecule has 0 spiro atoms. The number of rotatable bonds is 1. The van der Waals surface area contributed by atoms with Crippen LogP contribution in [0.3, 0.4) is 0 Å². The van der Waals surface area contributed by atoms with Crippen molar-refractivity contribution in [2.24, 2.45) is 5.92 Å². The van der Waals surface area contributed by atoms with Crippen molar-refractivity contribution in [1.29, 1.82) is 5.26 Å². The van der Waals surface area contributed by atoms with Crippen LogP contribution in [0.15, 0.2) is 6.07 Å². The highest BCUT2D eigenvalue weighted by Gasteiger charge is 2.28. The Hall–Kier alpha value is -1.14. The summed E-state index contributed by atoms with van der Waals surface area (Å²) in [6.07, 6.45) is 2.41. The third kappa shape index (κ3) is 2.14. The molecule has 2 atom stereocenters. The molecule has 90 valence electrons. The van der Waals surface area contributed by atoms with Crippen LogP contribution >= 0.6 is 12.2 Å². The lowest BCUT2D eigenvalue weighted by Crippen LogP contribution is -2.19. The Kier molecular flexibility index (Phi) is 3.35. The van der Waals surface area contributed by atoms with Gasteiger partial charge in [0.2, 0.25) is 0 Å². The minimum absolute atomic E-state index is 0.527. The van der Waals surface area contributed by atoms with E-state index in [1.165, 1.54) is 24.1 Å². The van der Waals surface area contributed by atoms with Crippen molar-refractivity contribution in [2.75, 3.05) is 0 Å². The number of nitrogens with zero attached hydrogens (tertiary/aromatic N) is 1. The Morgan fingerprint density at radius 1 is 1.47 bits per heavy atom. The standard InChI is InChI=1S/C14H18N2S/c1-8(2)11-5-4-9(3)12-6-10(7-15)14(17)16-13(11)12/h6,8-9,11H,4-5H2,1-3H3,(H,16,17). The van der Waals surface area contributed by atoms with E-state index in [-0.39, 0.29) is 0 Å². The smallest absolute Gasteiger partial charge is 0.121 e. The molecule has 1 heterocycles. The van der Waals surface area contributed by atoms with Gasteiger partial charge in [0.05, 0.1) is 5.56 Å². The van der Waals surface area contributed by atoms with Crippen molar-refractivity contribution in [3.8, 4) is 6.07 Å². The van der Waals surface area contributed by atoms with Gasteiger partial charge in [0.1, 0.15) is 10.7 Å². The van der Waals surface area contributed by atoms with E-state index in [2.05, 4.69) is 31.8 Å². The summed E-state index contributed by atoms with van der Waals surface area (Å²) < 4.78 is 0.589. The second-order valence-corrected chi connectivity index (χ2v) is 5.73. The summed E-state index contributed by atoms with van der Waals surface area (Å²) in [7, 11) is 0. The minimum atomic E-state index is 0.527. The number of pyridine rings is 1. The van der Waals surface area contributed by atoms with Crippen molar-refractivity contribution in [3.63, 3.8) is 0 Å². The van der Waals surface area contributed by atoms with Crippen LogP contribution in [0.25, 0.3) is 0 Å². The first kappa shape index (κ1) is 12.3. The number of hydrogen-bond acceptors (Lipinski definition) is 2. The molecule has 0 aromatic carbocycles. The summed E-state index contributed by atoms with van der Waals surface area (Å²) in [5.41, 5.74) is 3.16. The highest BCUT2D eigenvalue weighted by molar-refractivity contribution is 7.71. The molecule has 2 nitrogen and oxygen atoms in total. The minimum Gasteiger partial charge on any atom is -0.348 e. The molecule has 17 heavy (non-hydrogen) atoms. The third-order valence-corrected chi connectivity index (χ3v) is 4.16. The van der Waals surface area contributed by atoms with E-state index < -0.39 is 0 Å². The molecule has 0 amide bonds. The second kappa shape index (κ2) is 4.62. The largest absolute Gasteiger partial charge is 0.348 e. The second-order valence-electron chi connectivity index (χ2n) is 5.32. The molecule has 0 saturated heterocycles. The first-order valence-electron chi connectivity index (χ1n) is 6.21. The number of nitriles is 1. The molecule has 2 rings (SSSR count). The molecular formula is C14H18N2S. The lowest BCUT2D eigenvalue weighted by Gasteiger charge is -2.32. The molecule has 1 aromatic heterocycles. The van der Waals surface area contributed by atoms with Gasteiger partial charge in [-0.1, -0.05) is 33.0 Å².